The highest BCUT2D eigenvalue weighted by atomic mass is 32.2. The van der Waals surface area contributed by atoms with Crippen LogP contribution in [0.2, 0.25) is 0 Å². The van der Waals surface area contributed by atoms with Gasteiger partial charge in [-0.1, -0.05) is 72.3 Å². The third-order valence-electron chi connectivity index (χ3n) is 6.74. The van der Waals surface area contributed by atoms with Crippen molar-refractivity contribution in [3.8, 4) is 11.5 Å². The van der Waals surface area contributed by atoms with E-state index in [1.807, 2.05) is 6.92 Å². The first-order valence-electron chi connectivity index (χ1n) is 13.4. The molecule has 1 saturated heterocycles. The summed E-state index contributed by atoms with van der Waals surface area (Å²) in [5.74, 6) is -0.250. The van der Waals surface area contributed by atoms with Crippen molar-refractivity contribution in [1.29, 1.82) is 0 Å². The number of unbranched alkanes of at least 4 members (excludes halogenated alkanes) is 1. The van der Waals surface area contributed by atoms with Gasteiger partial charge in [-0.2, -0.15) is 0 Å². The molecule has 0 aliphatic carbocycles. The number of aryl methyl sites for hydroxylation is 1. The minimum absolute atomic E-state index is 0.0584. The molecular weight excluding hydrogens is 572 g/mol. The van der Waals surface area contributed by atoms with Crippen LogP contribution in [0.4, 0.5) is 5.13 Å². The Morgan fingerprint density at radius 1 is 1.05 bits per heavy atom. The largest absolute Gasteiger partial charge is 0.507 e. The molecule has 1 fully saturated rings. The molecule has 2 aromatic heterocycles. The number of benzene rings is 2. The van der Waals surface area contributed by atoms with Crippen LogP contribution in [0.5, 0.6) is 11.5 Å². The second kappa shape index (κ2) is 13.2. The molecule has 216 valence electrons. The molecule has 1 aliphatic heterocycles. The number of aliphatic hydroxyl groups is 1. The molecule has 3 heterocycles. The van der Waals surface area contributed by atoms with Gasteiger partial charge in [-0.3, -0.25) is 19.5 Å². The molecule has 0 spiro atoms. The van der Waals surface area contributed by atoms with Crippen LogP contribution >= 0.6 is 23.1 Å². The number of ketones is 1. The highest BCUT2D eigenvalue weighted by Gasteiger charge is 2.48. The number of methoxy groups -OCH3 is 1. The molecule has 1 atom stereocenters. The van der Waals surface area contributed by atoms with Gasteiger partial charge in [0.15, 0.2) is 15.8 Å². The van der Waals surface area contributed by atoms with Crippen molar-refractivity contribution in [1.82, 2.24) is 15.2 Å². The molecule has 1 aliphatic rings. The van der Waals surface area contributed by atoms with Crippen molar-refractivity contribution in [2.24, 2.45) is 0 Å². The predicted octanol–water partition coefficient (Wildman–Crippen LogP) is 6.35. The molecule has 1 N–H and O–H groups in total. The smallest absolute Gasteiger partial charge is 0.301 e. The zero-order chi connectivity index (χ0) is 29.6. The number of rotatable bonds is 11. The molecule has 0 bridgehead atoms. The van der Waals surface area contributed by atoms with Crippen LogP contribution in [0.1, 0.15) is 48.1 Å². The van der Waals surface area contributed by atoms with E-state index in [9.17, 15) is 14.7 Å². The number of anilines is 1. The van der Waals surface area contributed by atoms with Crippen LogP contribution < -0.4 is 14.4 Å². The summed E-state index contributed by atoms with van der Waals surface area (Å²) >= 11 is 2.71. The number of hydrogen-bond acceptors (Lipinski definition) is 10. The van der Waals surface area contributed by atoms with Gasteiger partial charge in [0.2, 0.25) is 5.13 Å². The van der Waals surface area contributed by atoms with Gasteiger partial charge in [0.25, 0.3) is 5.78 Å². The molecule has 4 aromatic rings. The molecule has 1 amide bonds. The lowest BCUT2D eigenvalue weighted by Gasteiger charge is -2.23. The Labute approximate surface area is 252 Å². The summed E-state index contributed by atoms with van der Waals surface area (Å²) in [5, 5.41) is 20.2. The number of pyridine rings is 1. The van der Waals surface area contributed by atoms with Gasteiger partial charge in [-0.05, 0) is 48.7 Å². The molecule has 0 radical (unpaired) electrons. The van der Waals surface area contributed by atoms with Gasteiger partial charge in [0, 0.05) is 23.7 Å². The monoisotopic (exact) mass is 602 g/mol. The number of hydrogen-bond donors (Lipinski definition) is 1. The Morgan fingerprint density at radius 2 is 1.81 bits per heavy atom. The molecule has 5 rings (SSSR count). The fourth-order valence-electron chi connectivity index (χ4n) is 4.50. The van der Waals surface area contributed by atoms with E-state index in [1.165, 1.54) is 53.1 Å². The summed E-state index contributed by atoms with van der Waals surface area (Å²) in [5.41, 5.74) is 3.17. The zero-order valence-corrected chi connectivity index (χ0v) is 25.1. The number of amides is 1. The van der Waals surface area contributed by atoms with Gasteiger partial charge in [0.1, 0.15) is 5.76 Å². The summed E-state index contributed by atoms with van der Waals surface area (Å²) in [4.78, 5) is 32.3. The number of aromatic nitrogens is 3. The fourth-order valence-corrected chi connectivity index (χ4v) is 6.32. The Kier molecular flexibility index (Phi) is 9.19. The van der Waals surface area contributed by atoms with Crippen LogP contribution in [0.3, 0.4) is 0 Å². The molecule has 1 unspecified atom stereocenters. The number of carbonyl (C=O) groups excluding carboxylic acids is 2. The summed E-state index contributed by atoms with van der Waals surface area (Å²) in [7, 11) is 1.53. The highest BCUT2D eigenvalue weighted by Crippen LogP contribution is 2.45. The average molecular weight is 603 g/mol. The van der Waals surface area contributed by atoms with E-state index >= 15 is 0 Å². The summed E-state index contributed by atoms with van der Waals surface area (Å²) in [6.45, 7) is 4.65. The van der Waals surface area contributed by atoms with Crippen molar-refractivity contribution in [2.75, 3.05) is 18.6 Å². The van der Waals surface area contributed by atoms with Crippen LogP contribution in [0.25, 0.3) is 5.76 Å². The topological polar surface area (TPSA) is 115 Å². The molecule has 42 heavy (non-hydrogen) atoms. The van der Waals surface area contributed by atoms with E-state index in [4.69, 9.17) is 9.47 Å². The third kappa shape index (κ3) is 6.17. The number of nitrogens with zero attached hydrogens (tertiary/aromatic N) is 4. The van der Waals surface area contributed by atoms with E-state index in [0.717, 1.165) is 18.4 Å². The Bertz CT molecular complexity index is 1610. The van der Waals surface area contributed by atoms with Crippen molar-refractivity contribution < 1.29 is 24.2 Å². The minimum atomic E-state index is -0.973. The fraction of sp³-hybridized carbons (Fsp3) is 0.258. The molecule has 0 saturated carbocycles. The number of ether oxygens (including phenoxy) is 2. The molecule has 2 aromatic carbocycles. The maximum absolute atomic E-state index is 13.5. The maximum Gasteiger partial charge on any atom is 0.301 e. The van der Waals surface area contributed by atoms with E-state index < -0.39 is 17.7 Å². The first-order chi connectivity index (χ1) is 20.4. The van der Waals surface area contributed by atoms with Crippen LogP contribution in [-0.2, 0) is 15.3 Å². The Hall–Kier alpha value is -4.22. The van der Waals surface area contributed by atoms with Crippen molar-refractivity contribution in [3.63, 3.8) is 0 Å². The number of aliphatic hydroxyl groups excluding tert-OH is 1. The standard InChI is InChI=1S/C31H30N4O5S2/c1-4-5-16-40-23-11-10-22(17-24(23)39-3)26-25(27(36)21-12-14-32-15-13-21)28(37)29(38)35(26)30-33-34-31(42-30)41-18-20-8-6-19(2)7-9-20/h6-15,17,26,36H,4-5,16,18H2,1-3H3. The first-order valence-corrected chi connectivity index (χ1v) is 15.3. The van der Waals surface area contributed by atoms with Gasteiger partial charge >= 0.3 is 5.91 Å². The van der Waals surface area contributed by atoms with Crippen molar-refractivity contribution in [3.05, 3.63) is 94.8 Å². The number of carbonyl (C=O) groups is 2. The van der Waals surface area contributed by atoms with E-state index in [2.05, 4.69) is 46.4 Å². The minimum Gasteiger partial charge on any atom is -0.507 e. The number of thioether (sulfide) groups is 1. The van der Waals surface area contributed by atoms with Gasteiger partial charge in [0.05, 0.1) is 25.3 Å². The molecule has 9 nitrogen and oxygen atoms in total. The second-order valence-corrected chi connectivity index (χ2v) is 11.8. The van der Waals surface area contributed by atoms with Crippen molar-refractivity contribution >= 4 is 45.7 Å². The van der Waals surface area contributed by atoms with Crippen LogP contribution in [-0.4, -0.2) is 45.7 Å². The van der Waals surface area contributed by atoms with E-state index in [0.29, 0.717) is 39.3 Å². The first kappa shape index (κ1) is 29.3. The summed E-state index contributed by atoms with van der Waals surface area (Å²) in [6.07, 6.45) is 4.89. The molecular formula is C31H30N4O5S2. The van der Waals surface area contributed by atoms with Gasteiger partial charge in [-0.25, -0.2) is 0 Å². The van der Waals surface area contributed by atoms with E-state index in [1.54, 1.807) is 30.3 Å². The molecule has 11 heteroatoms. The third-order valence-corrected chi connectivity index (χ3v) is 8.87. The summed E-state index contributed by atoms with van der Waals surface area (Å²) < 4.78 is 12.2. The lowest BCUT2D eigenvalue weighted by Crippen LogP contribution is -2.29. The van der Waals surface area contributed by atoms with Crippen molar-refractivity contribution in [2.45, 2.75) is 42.8 Å². The van der Waals surface area contributed by atoms with Crippen LogP contribution in [0.15, 0.2) is 76.9 Å². The Morgan fingerprint density at radius 3 is 2.52 bits per heavy atom. The average Bonchev–Trinajstić information content (AvgIpc) is 3.59. The summed E-state index contributed by atoms with van der Waals surface area (Å²) in [6, 6.07) is 15.6. The Balaban J connectivity index is 1.54. The lowest BCUT2D eigenvalue weighted by atomic mass is 9.95. The van der Waals surface area contributed by atoms with Crippen LogP contribution in [0, 0.1) is 6.92 Å². The maximum atomic E-state index is 13.5. The quantitative estimate of drug-likeness (QED) is 0.0524. The highest BCUT2D eigenvalue weighted by molar-refractivity contribution is 8.00. The zero-order valence-electron chi connectivity index (χ0n) is 23.4. The number of Topliss-reactive ketones (excluding diaryl/α,β-unsaturated/α-hetero) is 1. The van der Waals surface area contributed by atoms with Gasteiger partial charge < -0.3 is 14.6 Å². The lowest BCUT2D eigenvalue weighted by molar-refractivity contribution is -0.132. The second-order valence-electron chi connectivity index (χ2n) is 9.64. The van der Waals surface area contributed by atoms with Gasteiger partial charge in [-0.15, -0.1) is 10.2 Å². The SMILES string of the molecule is CCCCOc1ccc(C2C(=C(O)c3ccncc3)C(=O)C(=O)N2c2nnc(SCc3ccc(C)cc3)s2)cc1OC. The predicted molar refractivity (Wildman–Crippen MR) is 163 cm³/mol. The van der Waals surface area contributed by atoms with E-state index in [-0.39, 0.29) is 16.5 Å². The normalized spacial score (nSPS) is 16.2.